The summed E-state index contributed by atoms with van der Waals surface area (Å²) < 4.78 is 72.0. The van der Waals surface area contributed by atoms with Gasteiger partial charge in [0.05, 0.1) is 33.4 Å². The number of benzene rings is 4. The van der Waals surface area contributed by atoms with Crippen LogP contribution in [0.3, 0.4) is 0 Å². The van der Waals surface area contributed by atoms with Gasteiger partial charge in [-0.15, -0.1) is 23.5 Å². The molecule has 0 bridgehead atoms. The van der Waals surface area contributed by atoms with Crippen molar-refractivity contribution in [3.05, 3.63) is 121 Å². The molecular weight excluding hydrogens is 821 g/mol. The van der Waals surface area contributed by atoms with Gasteiger partial charge in [-0.2, -0.15) is 0 Å². The highest BCUT2D eigenvalue weighted by molar-refractivity contribution is 7.99. The first kappa shape index (κ1) is 41.1. The van der Waals surface area contributed by atoms with E-state index in [1.54, 1.807) is 84.2 Å². The van der Waals surface area contributed by atoms with Gasteiger partial charge in [-0.05, 0) is 48.5 Å². The van der Waals surface area contributed by atoms with Crippen LogP contribution >= 0.6 is 23.5 Å². The first-order valence-electron chi connectivity index (χ1n) is 18.4. The van der Waals surface area contributed by atoms with E-state index in [1.807, 2.05) is 36.4 Å². The minimum absolute atomic E-state index is 0.0959. The van der Waals surface area contributed by atoms with Crippen LogP contribution < -0.4 is 10.6 Å². The van der Waals surface area contributed by atoms with E-state index in [1.165, 1.54) is 9.79 Å². The van der Waals surface area contributed by atoms with Crippen molar-refractivity contribution < 1.29 is 35.8 Å². The van der Waals surface area contributed by atoms with Crippen LogP contribution in [-0.2, 0) is 38.6 Å². The zero-order valence-electron chi connectivity index (χ0n) is 31.2. The first-order valence-corrected chi connectivity index (χ1v) is 23.7. The fourth-order valence-electron chi connectivity index (χ4n) is 5.83. The minimum atomic E-state index is -3.49. The predicted octanol–water partition coefficient (Wildman–Crippen LogP) is 4.70. The quantitative estimate of drug-likeness (QED) is 0.188. The zero-order valence-corrected chi connectivity index (χ0v) is 34.5. The molecule has 0 fully saturated rings. The lowest BCUT2D eigenvalue weighted by molar-refractivity contribution is 0.296. The summed E-state index contributed by atoms with van der Waals surface area (Å²) >= 11 is 3.58. The fraction of sp³-hybridized carbons (Fsp3) is 0.300. The lowest BCUT2D eigenvalue weighted by Crippen LogP contribution is -2.30. The van der Waals surface area contributed by atoms with Crippen LogP contribution in [0.1, 0.15) is 0 Å². The minimum Gasteiger partial charge on any atom is -0.463 e. The highest BCUT2D eigenvalue weighted by atomic mass is 32.2. The van der Waals surface area contributed by atoms with Crippen LogP contribution in [0, 0.1) is 0 Å². The third-order valence-electron chi connectivity index (χ3n) is 8.68. The maximum absolute atomic E-state index is 12.5. The first-order chi connectivity index (χ1) is 28.2. The van der Waals surface area contributed by atoms with E-state index in [0.717, 1.165) is 11.5 Å². The molecule has 4 unspecified atom stereocenters. The number of hydrogen-bond acceptors (Lipinski definition) is 16. The third kappa shape index (κ3) is 12.0. The number of sulfone groups is 2. The largest absolute Gasteiger partial charge is 0.463 e. The van der Waals surface area contributed by atoms with E-state index in [-0.39, 0.29) is 58.6 Å². The summed E-state index contributed by atoms with van der Waals surface area (Å²) in [6.45, 7) is 1.38. The number of nitrogens with zero attached hydrogens (tertiary/aromatic N) is 4. The average molecular weight is 863 g/mol. The Balaban J connectivity index is 0.000000178. The molecule has 0 aromatic heterocycles. The van der Waals surface area contributed by atoms with Crippen molar-refractivity contribution in [2.75, 3.05) is 49.4 Å². The second kappa shape index (κ2) is 19.6. The van der Waals surface area contributed by atoms with Gasteiger partial charge in [0.2, 0.25) is 0 Å². The maximum atomic E-state index is 12.5. The topological polar surface area (TPSA) is 179 Å². The van der Waals surface area contributed by atoms with Crippen molar-refractivity contribution in [2.45, 2.75) is 43.7 Å². The Morgan fingerprint density at radius 1 is 0.448 bits per heavy atom. The number of amidine groups is 4. The van der Waals surface area contributed by atoms with E-state index < -0.39 is 31.8 Å². The van der Waals surface area contributed by atoms with Crippen molar-refractivity contribution >= 4 is 67.3 Å². The van der Waals surface area contributed by atoms with Crippen LogP contribution in [0.15, 0.2) is 161 Å². The second-order valence-electron chi connectivity index (χ2n) is 13.3. The Kier molecular flexibility index (Phi) is 13.9. The summed E-state index contributed by atoms with van der Waals surface area (Å²) in [4.78, 5) is 20.6. The van der Waals surface area contributed by atoms with Crippen molar-refractivity contribution in [1.82, 2.24) is 10.6 Å². The smallest absolute Gasteiger partial charge is 0.293 e. The summed E-state index contributed by atoms with van der Waals surface area (Å²) in [5.74, 6) is 1.40. The van der Waals surface area contributed by atoms with E-state index in [9.17, 15) is 16.8 Å². The van der Waals surface area contributed by atoms with Gasteiger partial charge < -0.3 is 18.9 Å². The Morgan fingerprint density at radius 3 is 1.09 bits per heavy atom. The number of nitrogens with one attached hydrogen (secondary N) is 2. The number of ether oxygens (including phenoxy) is 4. The number of aliphatic imine (C=N–C) groups is 4. The molecule has 0 spiro atoms. The van der Waals surface area contributed by atoms with Crippen molar-refractivity contribution in [1.29, 1.82) is 0 Å². The maximum Gasteiger partial charge on any atom is 0.293 e. The fourth-order valence-corrected chi connectivity index (χ4v) is 10.5. The van der Waals surface area contributed by atoms with E-state index in [0.29, 0.717) is 25.3 Å². The second-order valence-corrected chi connectivity index (χ2v) is 19.5. The molecule has 18 heteroatoms. The molecule has 4 heterocycles. The molecule has 14 nitrogen and oxygen atoms in total. The molecule has 0 amide bonds. The van der Waals surface area contributed by atoms with Gasteiger partial charge >= 0.3 is 0 Å². The molecular formula is C40H42N6O8S4. The summed E-state index contributed by atoms with van der Waals surface area (Å²) in [5, 5.41) is 5.83. The van der Waals surface area contributed by atoms with Gasteiger partial charge in [-0.25, -0.2) is 36.8 Å². The molecule has 8 rings (SSSR count). The standard InChI is InChI=1S/C20H21N3O6S2.C20H21N3O2S2/c24-30(25,17-7-3-1-4-8-17)13-15-11-28-19(21-15)23-20-22-16(12-29-20)14-31(26,27)18-9-5-2-6-10-18;1-3-7-17(8-4-1)26-13-15-11-24-19(21-15)23-20-22-16(12-25-20)14-27-18-9-5-2-6-10-18/h1-10,15-16H,11-14H2,(H,21,22,23);1-10,15-16H,11-14H2,(H,21,22,23). The van der Waals surface area contributed by atoms with Gasteiger partial charge in [-0.3, -0.25) is 10.6 Å². The summed E-state index contributed by atoms with van der Waals surface area (Å²) in [6, 6.07) is 37.3. The van der Waals surface area contributed by atoms with Gasteiger partial charge in [0.1, 0.15) is 38.5 Å². The monoisotopic (exact) mass is 862 g/mol. The molecule has 4 aromatic rings. The highest BCUT2D eigenvalue weighted by Crippen LogP contribution is 2.23. The lowest BCUT2D eigenvalue weighted by atomic mass is 10.4. The normalized spacial score (nSPS) is 21.1. The molecule has 58 heavy (non-hydrogen) atoms. The molecule has 0 saturated carbocycles. The molecule has 304 valence electrons. The Labute approximate surface area is 346 Å². The highest BCUT2D eigenvalue weighted by Gasteiger charge is 2.31. The summed E-state index contributed by atoms with van der Waals surface area (Å²) in [5.41, 5.74) is 0. The van der Waals surface area contributed by atoms with Crippen molar-refractivity contribution in [3.63, 3.8) is 0 Å². The Morgan fingerprint density at radius 2 is 0.741 bits per heavy atom. The van der Waals surface area contributed by atoms with Gasteiger partial charge in [-0.1, -0.05) is 72.8 Å². The number of thioether (sulfide) groups is 2. The van der Waals surface area contributed by atoms with Crippen LogP contribution in [0.25, 0.3) is 0 Å². The average Bonchev–Trinajstić information content (AvgIpc) is 4.08. The van der Waals surface area contributed by atoms with Crippen LogP contribution in [-0.4, -0.2) is 115 Å². The molecule has 0 aliphatic carbocycles. The van der Waals surface area contributed by atoms with E-state index in [4.69, 9.17) is 18.9 Å². The van der Waals surface area contributed by atoms with Gasteiger partial charge in [0.15, 0.2) is 19.7 Å². The zero-order chi connectivity index (χ0) is 40.2. The number of hydrogen-bond donors (Lipinski definition) is 2. The van der Waals surface area contributed by atoms with Gasteiger partial charge in [0.25, 0.3) is 24.1 Å². The SMILES string of the molecule is O=S(=O)(CC1COC(NC2=NC(CS(=O)(=O)c3ccccc3)CO2)=N1)c1ccccc1.c1ccc(SCC2COC(NC3=NC(CSc4ccccc4)CO3)=N2)cc1. The molecule has 4 aliphatic heterocycles. The van der Waals surface area contributed by atoms with Crippen molar-refractivity contribution in [3.8, 4) is 0 Å². The predicted molar refractivity (Wildman–Crippen MR) is 226 cm³/mol. The molecule has 4 aliphatic rings. The molecule has 2 N–H and O–H groups in total. The summed E-state index contributed by atoms with van der Waals surface area (Å²) in [7, 11) is -6.99. The van der Waals surface area contributed by atoms with Crippen LogP contribution in [0.5, 0.6) is 0 Å². The Hall–Kier alpha value is -5.04. The molecule has 4 aromatic carbocycles. The molecule has 4 atom stereocenters. The van der Waals surface area contributed by atoms with Crippen LogP contribution in [0.2, 0.25) is 0 Å². The molecule has 0 radical (unpaired) electrons. The molecule has 0 saturated heterocycles. The number of rotatable bonds is 12. The van der Waals surface area contributed by atoms with E-state index in [2.05, 4.69) is 54.9 Å². The van der Waals surface area contributed by atoms with E-state index >= 15 is 0 Å². The third-order valence-corrected chi connectivity index (χ3v) is 14.6. The van der Waals surface area contributed by atoms with Gasteiger partial charge in [0, 0.05) is 21.3 Å². The lowest BCUT2D eigenvalue weighted by Gasteiger charge is -2.06. The van der Waals surface area contributed by atoms with Crippen molar-refractivity contribution in [2.24, 2.45) is 20.0 Å². The Bertz CT molecular complexity index is 2160. The summed E-state index contributed by atoms with van der Waals surface area (Å²) in [6.07, 6.45) is 0. The van der Waals surface area contributed by atoms with Crippen LogP contribution in [0.4, 0.5) is 0 Å².